The molecular formula is C30H39N5OS. The fraction of sp³-hybridized carbons (Fsp3) is 0.467. The molecule has 0 saturated carbocycles. The van der Waals surface area contributed by atoms with Gasteiger partial charge in [0.2, 0.25) is 0 Å². The van der Waals surface area contributed by atoms with Crippen molar-refractivity contribution in [2.24, 2.45) is 0 Å². The number of pyridine rings is 1. The Bertz CT molecular complexity index is 1200. The highest BCUT2D eigenvalue weighted by molar-refractivity contribution is 7.80. The summed E-state index contributed by atoms with van der Waals surface area (Å²) in [4.78, 5) is 9.53. The molecule has 0 bridgehead atoms. The minimum absolute atomic E-state index is 0.0199. The van der Waals surface area contributed by atoms with Crippen molar-refractivity contribution in [3.63, 3.8) is 0 Å². The Balaban J connectivity index is 1.46. The number of aromatic nitrogens is 2. The van der Waals surface area contributed by atoms with Crippen molar-refractivity contribution in [1.29, 1.82) is 0 Å². The van der Waals surface area contributed by atoms with E-state index < -0.39 is 0 Å². The van der Waals surface area contributed by atoms with Gasteiger partial charge in [-0.3, -0.25) is 9.88 Å². The molecule has 2 aliphatic heterocycles. The molecule has 0 amide bonds. The zero-order valence-electron chi connectivity index (χ0n) is 22.5. The van der Waals surface area contributed by atoms with E-state index >= 15 is 0 Å². The molecule has 7 heteroatoms. The fourth-order valence-electron chi connectivity index (χ4n) is 5.72. The van der Waals surface area contributed by atoms with E-state index in [9.17, 15) is 0 Å². The Kier molecular flexibility index (Phi) is 7.93. The summed E-state index contributed by atoms with van der Waals surface area (Å²) in [5.74, 6) is 0.492. The predicted molar refractivity (Wildman–Crippen MR) is 154 cm³/mol. The molecule has 0 radical (unpaired) electrons. The number of hydrogen-bond acceptors (Lipinski definition) is 4. The van der Waals surface area contributed by atoms with Crippen LogP contribution < -0.4 is 10.2 Å². The lowest BCUT2D eigenvalue weighted by molar-refractivity contribution is 0.0369. The summed E-state index contributed by atoms with van der Waals surface area (Å²) in [6.45, 7) is 14.8. The van der Waals surface area contributed by atoms with Crippen LogP contribution in [0.25, 0.3) is 0 Å². The van der Waals surface area contributed by atoms with Gasteiger partial charge in [0, 0.05) is 49.5 Å². The van der Waals surface area contributed by atoms with E-state index in [4.69, 9.17) is 21.9 Å². The highest BCUT2D eigenvalue weighted by Crippen LogP contribution is 2.43. The Labute approximate surface area is 226 Å². The molecule has 3 aromatic rings. The zero-order chi connectivity index (χ0) is 25.9. The molecule has 1 N–H and O–H groups in total. The number of rotatable bonds is 8. The first-order valence-electron chi connectivity index (χ1n) is 13.5. The largest absolute Gasteiger partial charge is 0.379 e. The normalized spacial score (nSPS) is 20.6. The first-order valence-corrected chi connectivity index (χ1v) is 13.9. The van der Waals surface area contributed by atoms with Crippen molar-refractivity contribution < 1.29 is 4.74 Å². The maximum atomic E-state index is 5.95. The summed E-state index contributed by atoms with van der Waals surface area (Å²) in [5.41, 5.74) is 7.36. The first-order chi connectivity index (χ1) is 17.9. The molecule has 37 heavy (non-hydrogen) atoms. The van der Waals surface area contributed by atoms with Gasteiger partial charge in [-0.05, 0) is 79.9 Å². The maximum Gasteiger partial charge on any atom is 0.174 e. The van der Waals surface area contributed by atoms with Crippen molar-refractivity contribution in [1.82, 2.24) is 19.8 Å². The van der Waals surface area contributed by atoms with Crippen LogP contribution in [0.4, 0.5) is 5.69 Å². The van der Waals surface area contributed by atoms with E-state index in [1.807, 2.05) is 12.3 Å². The molecule has 2 unspecified atom stereocenters. The number of aryl methyl sites for hydroxylation is 1. The highest BCUT2D eigenvalue weighted by Gasteiger charge is 2.42. The van der Waals surface area contributed by atoms with Gasteiger partial charge in [-0.15, -0.1) is 0 Å². The minimum atomic E-state index is -0.0271. The zero-order valence-corrected chi connectivity index (χ0v) is 23.3. The van der Waals surface area contributed by atoms with E-state index in [1.165, 1.54) is 22.5 Å². The topological polar surface area (TPSA) is 45.6 Å². The first kappa shape index (κ1) is 25.9. The van der Waals surface area contributed by atoms with Gasteiger partial charge in [-0.2, -0.15) is 0 Å². The van der Waals surface area contributed by atoms with E-state index in [0.29, 0.717) is 5.92 Å². The number of nitrogens with zero attached hydrogens (tertiary/aromatic N) is 4. The molecule has 0 spiro atoms. The van der Waals surface area contributed by atoms with Crippen LogP contribution in [0, 0.1) is 13.8 Å². The third kappa shape index (κ3) is 5.44. The van der Waals surface area contributed by atoms with Crippen LogP contribution in [-0.4, -0.2) is 52.4 Å². The van der Waals surface area contributed by atoms with Gasteiger partial charge in [0.05, 0.1) is 31.0 Å². The summed E-state index contributed by atoms with van der Waals surface area (Å²) >= 11 is 5.95. The van der Waals surface area contributed by atoms with Gasteiger partial charge in [-0.25, -0.2) is 0 Å². The maximum absolute atomic E-state index is 5.95. The van der Waals surface area contributed by atoms with Gasteiger partial charge in [0.15, 0.2) is 5.11 Å². The number of ether oxygens (including phenoxy) is 1. The van der Waals surface area contributed by atoms with Gasteiger partial charge < -0.3 is 19.5 Å². The summed E-state index contributed by atoms with van der Waals surface area (Å²) in [7, 11) is 0. The third-order valence-corrected chi connectivity index (χ3v) is 8.14. The van der Waals surface area contributed by atoms with Crippen LogP contribution >= 0.6 is 12.2 Å². The Morgan fingerprint density at radius 1 is 1.05 bits per heavy atom. The number of anilines is 1. The lowest BCUT2D eigenvalue weighted by atomic mass is 9.96. The number of nitrogens with one attached hydrogen (secondary N) is 1. The van der Waals surface area contributed by atoms with Crippen molar-refractivity contribution in [2.75, 3.05) is 37.7 Å². The number of morpholine rings is 1. The third-order valence-electron chi connectivity index (χ3n) is 7.83. The SMILES string of the molecule is Cc1cc(C2C(c3ccccn3)NC(=S)N2c2ccc(C(C)C)cc2)c(C)n1CCCN1CCOCC1. The van der Waals surface area contributed by atoms with Crippen LogP contribution in [0.1, 0.15) is 66.5 Å². The quantitative estimate of drug-likeness (QED) is 0.397. The molecule has 5 rings (SSSR count). The van der Waals surface area contributed by atoms with Crippen LogP contribution in [-0.2, 0) is 11.3 Å². The van der Waals surface area contributed by atoms with Crippen LogP contribution in [0.3, 0.4) is 0 Å². The van der Waals surface area contributed by atoms with Gasteiger partial charge in [0.1, 0.15) is 0 Å². The van der Waals surface area contributed by atoms with Gasteiger partial charge >= 0.3 is 0 Å². The standard InChI is InChI=1S/C30H39N5OS/c1-21(2)24-9-11-25(12-10-24)35-29(28(32-30(35)37)27-8-5-6-13-31-27)26-20-22(3)34(23(26)4)15-7-14-33-16-18-36-19-17-33/h5-6,8-13,20-21,28-29H,7,14-19H2,1-4H3,(H,32,37). The molecule has 6 nitrogen and oxygen atoms in total. The van der Waals surface area contributed by atoms with Crippen LogP contribution in [0.15, 0.2) is 54.7 Å². The molecule has 2 aliphatic rings. The number of thiocarbonyl (C=S) groups is 1. The average molecular weight is 518 g/mol. The lowest BCUT2D eigenvalue weighted by Crippen LogP contribution is -2.37. The Hall–Kier alpha value is -2.74. The molecular weight excluding hydrogens is 478 g/mol. The molecule has 2 aromatic heterocycles. The monoisotopic (exact) mass is 517 g/mol. The van der Waals surface area contributed by atoms with Crippen molar-refractivity contribution in [3.8, 4) is 0 Å². The molecule has 2 atom stereocenters. The number of benzene rings is 1. The minimum Gasteiger partial charge on any atom is -0.379 e. The molecule has 196 valence electrons. The molecule has 1 aromatic carbocycles. The predicted octanol–water partition coefficient (Wildman–Crippen LogP) is 5.52. The lowest BCUT2D eigenvalue weighted by Gasteiger charge is -2.28. The van der Waals surface area contributed by atoms with Crippen molar-refractivity contribution in [3.05, 3.63) is 82.9 Å². The van der Waals surface area contributed by atoms with E-state index in [0.717, 1.165) is 62.3 Å². The number of hydrogen-bond donors (Lipinski definition) is 1. The van der Waals surface area contributed by atoms with Gasteiger partial charge in [0.25, 0.3) is 0 Å². The van der Waals surface area contributed by atoms with Crippen LogP contribution in [0.5, 0.6) is 0 Å². The van der Waals surface area contributed by atoms with Gasteiger partial charge in [-0.1, -0.05) is 32.0 Å². The highest BCUT2D eigenvalue weighted by atomic mass is 32.1. The smallest absolute Gasteiger partial charge is 0.174 e. The fourth-order valence-corrected chi connectivity index (χ4v) is 6.06. The van der Waals surface area contributed by atoms with E-state index in [1.54, 1.807) is 0 Å². The summed E-state index contributed by atoms with van der Waals surface area (Å²) in [6, 6.07) is 17.3. The second-order valence-electron chi connectivity index (χ2n) is 10.5. The Morgan fingerprint density at radius 2 is 1.81 bits per heavy atom. The van der Waals surface area contributed by atoms with Crippen molar-refractivity contribution >= 4 is 23.0 Å². The summed E-state index contributed by atoms with van der Waals surface area (Å²) in [5, 5.41) is 4.36. The molecule has 0 aliphatic carbocycles. The molecule has 2 fully saturated rings. The van der Waals surface area contributed by atoms with E-state index in [-0.39, 0.29) is 12.1 Å². The summed E-state index contributed by atoms with van der Waals surface area (Å²) < 4.78 is 7.99. The molecule has 4 heterocycles. The van der Waals surface area contributed by atoms with Crippen molar-refractivity contribution in [2.45, 2.75) is 58.7 Å². The van der Waals surface area contributed by atoms with E-state index in [2.05, 4.69) is 89.8 Å². The second kappa shape index (κ2) is 11.3. The average Bonchev–Trinajstić information content (AvgIpc) is 3.40. The second-order valence-corrected chi connectivity index (χ2v) is 10.9. The molecule has 2 saturated heterocycles. The Morgan fingerprint density at radius 3 is 2.49 bits per heavy atom. The van der Waals surface area contributed by atoms with Crippen LogP contribution in [0.2, 0.25) is 0 Å². The summed E-state index contributed by atoms with van der Waals surface area (Å²) in [6.07, 6.45) is 2.99.